The molecule has 0 spiro atoms. The summed E-state index contributed by atoms with van der Waals surface area (Å²) in [6.07, 6.45) is 6.51. The first-order valence-electron chi connectivity index (χ1n) is 22.1. The van der Waals surface area contributed by atoms with Gasteiger partial charge < -0.3 is 0 Å². The average molecular weight is 855 g/mol. The van der Waals surface area contributed by atoms with E-state index in [1.54, 1.807) is 0 Å². The van der Waals surface area contributed by atoms with E-state index in [0.29, 0.717) is 46.9 Å². The Kier molecular flexibility index (Phi) is 12.8. The first-order valence-corrected chi connectivity index (χ1v) is 22.1. The number of hydrogen-bond acceptors (Lipinski definition) is 7. The van der Waals surface area contributed by atoms with Gasteiger partial charge in [-0.05, 0) is 57.9 Å². The van der Waals surface area contributed by atoms with E-state index in [-0.39, 0.29) is 0 Å². The minimum Gasteiger partial charge on any atom is -0.208 e. The van der Waals surface area contributed by atoms with Crippen LogP contribution in [0.25, 0.3) is 90.6 Å². The predicted octanol–water partition coefficient (Wildman–Crippen LogP) is 8.40. The molecule has 9 rings (SSSR count). The van der Waals surface area contributed by atoms with Gasteiger partial charge >= 0.3 is 0 Å². The topological polar surface area (TPSA) is 101 Å². The normalized spacial score (nSPS) is 11.7. The van der Waals surface area contributed by atoms with E-state index in [2.05, 4.69) is 71.9 Å². The van der Waals surface area contributed by atoms with Gasteiger partial charge in [-0.3, -0.25) is 0 Å². The van der Waals surface area contributed by atoms with Crippen LogP contribution in [0.5, 0.6) is 0 Å². The van der Waals surface area contributed by atoms with Crippen molar-refractivity contribution in [2.24, 2.45) is 0 Å². The molecule has 2 heterocycles. The Morgan fingerprint density at radius 2 is 0.836 bits per heavy atom. The van der Waals surface area contributed by atoms with Crippen LogP contribution in [-0.2, 0) is 6.42 Å². The van der Waals surface area contributed by atoms with Crippen molar-refractivity contribution in [3.05, 3.63) is 215 Å². The zero-order valence-corrected chi connectivity index (χ0v) is 37.7. The van der Waals surface area contributed by atoms with Gasteiger partial charge in [0.25, 0.3) is 0 Å². The fraction of sp³-hybridized carbons (Fsp3) is 0.0179. The van der Waals surface area contributed by atoms with Crippen molar-refractivity contribution >= 4 is 31.4 Å². The highest BCUT2D eigenvalue weighted by Crippen LogP contribution is 2.38. The third-order valence-corrected chi connectivity index (χ3v) is 12.1. The molecule has 11 heteroatoms. The van der Waals surface area contributed by atoms with Gasteiger partial charge in [0.2, 0.25) is 0 Å². The molecule has 0 fully saturated rings. The predicted molar refractivity (Wildman–Crippen MR) is 282 cm³/mol. The molecule has 0 aliphatic carbocycles. The maximum absolute atomic E-state index is 9.93. The second kappa shape index (κ2) is 19.6. The van der Waals surface area contributed by atoms with Gasteiger partial charge in [-0.15, -0.1) is 17.4 Å². The monoisotopic (exact) mass is 855 g/mol. The number of rotatable bonds is 11. The first kappa shape index (κ1) is 43.6. The van der Waals surface area contributed by atoms with E-state index in [9.17, 15) is 5.26 Å². The second-order valence-electron chi connectivity index (χ2n) is 16.3. The van der Waals surface area contributed by atoms with Gasteiger partial charge in [-0.2, -0.15) is 5.26 Å². The van der Waals surface area contributed by atoms with Crippen LogP contribution in [0.2, 0.25) is 0 Å². The molecule has 67 heavy (non-hydrogen) atoms. The van der Waals surface area contributed by atoms with E-state index in [1.165, 1.54) is 5.47 Å². The van der Waals surface area contributed by atoms with Crippen LogP contribution < -0.4 is 0 Å². The highest BCUT2D eigenvalue weighted by Gasteiger charge is 2.20. The number of nitrogens with zero attached hydrogens (tertiary/aromatic N) is 7. The number of hydrogen-bond donors (Lipinski definition) is 0. The second-order valence-corrected chi connectivity index (χ2v) is 16.3. The third kappa shape index (κ3) is 9.45. The first-order chi connectivity index (χ1) is 32.8. The molecule has 7 aromatic carbocycles. The summed E-state index contributed by atoms with van der Waals surface area (Å²) in [7, 11) is 8.37. The van der Waals surface area contributed by atoms with Gasteiger partial charge in [0.15, 0.2) is 34.9 Å². The molecule has 0 saturated heterocycles. The molecule has 0 N–H and O–H groups in total. The van der Waals surface area contributed by atoms with Crippen molar-refractivity contribution in [3.8, 4) is 109 Å². The summed E-state index contributed by atoms with van der Waals surface area (Å²) in [6, 6.07) is 62.7. The smallest absolute Gasteiger partial charge is 0.164 e. The Labute approximate surface area is 395 Å². The summed E-state index contributed by atoms with van der Waals surface area (Å²) in [5.41, 5.74) is 14.9. The minimum absolute atomic E-state index is 0.520. The maximum Gasteiger partial charge on any atom is 0.164 e. The van der Waals surface area contributed by atoms with E-state index in [1.807, 2.05) is 153 Å². The number of nitriles is 1. The van der Waals surface area contributed by atoms with Crippen LogP contribution in [-0.4, -0.2) is 61.3 Å². The van der Waals surface area contributed by atoms with E-state index >= 15 is 0 Å². The fourth-order valence-corrected chi connectivity index (χ4v) is 8.12. The molecule has 0 aliphatic heterocycles. The zero-order chi connectivity index (χ0) is 46.3. The lowest BCUT2D eigenvalue weighted by molar-refractivity contribution is 1.07. The molecule has 0 unspecified atom stereocenters. The SMILES string of the molecule is B/C(C#C)=C(B)/C(B)=C(/B)Cc1cc(-c2nc(-c3ccccc3)nc(-c3cccc(-c4ccccc4C#N)c3)n2)ccc1-c1ccccc1-c1nc(-c2ccccc2)nc(-c2ccccc2)n1. The minimum atomic E-state index is 0.520. The molecular weight excluding hydrogens is 814 g/mol. The Morgan fingerprint density at radius 3 is 1.37 bits per heavy atom. The van der Waals surface area contributed by atoms with E-state index in [4.69, 9.17) is 36.3 Å². The molecule has 7 nitrogen and oxygen atoms in total. The molecule has 0 atom stereocenters. The van der Waals surface area contributed by atoms with Crippen molar-refractivity contribution in [2.75, 3.05) is 0 Å². The summed E-state index contributed by atoms with van der Waals surface area (Å²) in [5.74, 6) is 6.19. The van der Waals surface area contributed by atoms with Crippen molar-refractivity contribution < 1.29 is 0 Å². The summed E-state index contributed by atoms with van der Waals surface area (Å²) in [5, 5.41) is 9.93. The van der Waals surface area contributed by atoms with Gasteiger partial charge in [0.05, 0.1) is 11.6 Å². The summed E-state index contributed by atoms with van der Waals surface area (Å²) in [4.78, 5) is 30.6. The Morgan fingerprint density at radius 1 is 0.403 bits per heavy atom. The molecule has 0 radical (unpaired) electrons. The molecule has 312 valence electrons. The van der Waals surface area contributed by atoms with E-state index < -0.39 is 0 Å². The van der Waals surface area contributed by atoms with Crippen LogP contribution in [0, 0.1) is 23.7 Å². The maximum atomic E-state index is 9.93. The van der Waals surface area contributed by atoms with Crippen molar-refractivity contribution in [3.63, 3.8) is 0 Å². The van der Waals surface area contributed by atoms with Crippen LogP contribution in [0.3, 0.4) is 0 Å². The van der Waals surface area contributed by atoms with Crippen LogP contribution in [0.4, 0.5) is 0 Å². The van der Waals surface area contributed by atoms with Crippen LogP contribution in [0.1, 0.15) is 11.1 Å². The highest BCUT2D eigenvalue weighted by atomic mass is 15.0. The number of allylic oxidation sites excluding steroid dienone is 4. The number of terminal acetylenes is 1. The zero-order valence-electron chi connectivity index (χ0n) is 37.7. The Balaban J connectivity index is 1.24. The quantitative estimate of drug-likeness (QED) is 0.0732. The third-order valence-electron chi connectivity index (χ3n) is 12.1. The fourth-order valence-electron chi connectivity index (χ4n) is 8.12. The molecule has 0 bridgehead atoms. The lowest BCUT2D eigenvalue weighted by Gasteiger charge is -2.18. The van der Waals surface area contributed by atoms with Crippen molar-refractivity contribution in [1.29, 1.82) is 5.26 Å². The van der Waals surface area contributed by atoms with Gasteiger partial charge in [-0.25, -0.2) is 29.9 Å². The summed E-state index contributed by atoms with van der Waals surface area (Å²) >= 11 is 0. The number of aromatic nitrogens is 6. The van der Waals surface area contributed by atoms with Crippen molar-refractivity contribution in [1.82, 2.24) is 29.9 Å². The molecule has 0 aliphatic rings. The Bertz CT molecular complexity index is 3400. The van der Waals surface area contributed by atoms with Gasteiger partial charge in [0.1, 0.15) is 31.4 Å². The molecule has 2 aromatic heterocycles. The molecule has 9 aromatic rings. The largest absolute Gasteiger partial charge is 0.208 e. The average Bonchev–Trinajstić information content (AvgIpc) is 3.40. The molecular formula is C56H41B4N7. The summed E-state index contributed by atoms with van der Waals surface area (Å²) < 4.78 is 0. The van der Waals surface area contributed by atoms with E-state index in [0.717, 1.165) is 77.6 Å². The van der Waals surface area contributed by atoms with Gasteiger partial charge in [0, 0.05) is 33.4 Å². The standard InChI is InChI=1S/C56H41B4N7/c1-2-47(57)49(59)50(60)48(58)33-42-32-40(55-64-51(35-17-6-3-7-18-35)63-54(65-55)39-25-16-24-38(31-39)43-26-13-12-23-41(43)34-61)29-30-44(42)45-27-14-15-28-46(45)56-66-52(36-19-8-4-9-20-36)62-53(67-56)37-21-10-5-11-22-37/h1,3-32H,33,57-60H2/b49-47-,50-48-. The lowest BCUT2D eigenvalue weighted by Crippen LogP contribution is -2.05. The van der Waals surface area contributed by atoms with Gasteiger partial charge in [-0.1, -0.05) is 175 Å². The highest BCUT2D eigenvalue weighted by molar-refractivity contribution is 6.44. The van der Waals surface area contributed by atoms with Crippen LogP contribution in [0.15, 0.2) is 204 Å². The molecule has 0 saturated carbocycles. The lowest BCUT2D eigenvalue weighted by atomic mass is 9.65. The number of benzene rings is 7. The molecule has 0 amide bonds. The van der Waals surface area contributed by atoms with Crippen LogP contribution >= 0.6 is 0 Å². The summed E-state index contributed by atoms with van der Waals surface area (Å²) in [6.45, 7) is 0. The van der Waals surface area contributed by atoms with Crippen molar-refractivity contribution in [2.45, 2.75) is 6.42 Å². The Hall–Kier alpha value is -8.65.